The molecule has 2 aromatic heterocycles. The van der Waals surface area contributed by atoms with E-state index in [1.807, 2.05) is 35.7 Å². The van der Waals surface area contributed by atoms with Crippen LogP contribution in [0.5, 0.6) is 0 Å². The number of benzene rings is 1. The van der Waals surface area contributed by atoms with Crippen LogP contribution >= 0.6 is 22.9 Å². The van der Waals surface area contributed by atoms with Gasteiger partial charge in [-0.05, 0) is 34.0 Å². The van der Waals surface area contributed by atoms with Crippen molar-refractivity contribution in [3.63, 3.8) is 0 Å². The molecule has 0 saturated carbocycles. The molecule has 3 aromatic rings. The van der Waals surface area contributed by atoms with Crippen LogP contribution in [0.1, 0.15) is 16.5 Å². The molecule has 0 amide bonds. The Bertz CT molecular complexity index is 808. The molecular weight excluding hydrogens is 306 g/mol. The maximum atomic E-state index is 6.29. The van der Waals surface area contributed by atoms with Gasteiger partial charge in [0.2, 0.25) is 5.95 Å². The van der Waals surface area contributed by atoms with E-state index in [2.05, 4.69) is 33.0 Å². The summed E-state index contributed by atoms with van der Waals surface area (Å²) in [6, 6.07) is 11.8. The van der Waals surface area contributed by atoms with E-state index in [4.69, 9.17) is 11.6 Å². The number of hydrogen-bond donors (Lipinski definition) is 1. The van der Waals surface area contributed by atoms with E-state index in [9.17, 15) is 0 Å². The zero-order valence-corrected chi connectivity index (χ0v) is 12.3. The van der Waals surface area contributed by atoms with Gasteiger partial charge in [0.25, 0.3) is 0 Å². The van der Waals surface area contributed by atoms with Gasteiger partial charge in [0.1, 0.15) is 6.04 Å². The van der Waals surface area contributed by atoms with E-state index in [0.29, 0.717) is 11.0 Å². The van der Waals surface area contributed by atoms with Gasteiger partial charge in [-0.15, -0.1) is 11.3 Å². The molecule has 1 atom stereocenters. The lowest BCUT2D eigenvalue weighted by molar-refractivity contribution is 0.593. The number of allylic oxidation sites excluding steroid dienone is 1. The Balaban J connectivity index is 1.85. The van der Waals surface area contributed by atoms with Crippen molar-refractivity contribution >= 4 is 34.6 Å². The average Bonchev–Trinajstić information content (AvgIpc) is 3.18. The summed E-state index contributed by atoms with van der Waals surface area (Å²) in [6.07, 6.45) is 2.09. The Morgan fingerprint density at radius 1 is 1.19 bits per heavy atom. The lowest BCUT2D eigenvalue weighted by atomic mass is 10.1. The van der Waals surface area contributed by atoms with E-state index in [-0.39, 0.29) is 6.04 Å². The van der Waals surface area contributed by atoms with Gasteiger partial charge < -0.3 is 5.32 Å². The van der Waals surface area contributed by atoms with Crippen LogP contribution < -0.4 is 5.32 Å². The second-order valence-corrected chi connectivity index (χ2v) is 5.98. The summed E-state index contributed by atoms with van der Waals surface area (Å²) in [5.74, 6) is 0.616. The van der Waals surface area contributed by atoms with Gasteiger partial charge in [0.05, 0.1) is 0 Å². The number of anilines is 1. The standard InChI is InChI=1S/C14H10ClN5S/c15-10-5-2-1-4-9(10)11-8-12(13-6-3-7-21-13)20-14(16-11)17-18-19-20/h1-8,12H,(H,16,17,19)/t12-/m1/s1. The fourth-order valence-corrected chi connectivity index (χ4v) is 3.37. The topological polar surface area (TPSA) is 55.6 Å². The summed E-state index contributed by atoms with van der Waals surface area (Å²) in [5.41, 5.74) is 1.86. The molecule has 104 valence electrons. The first-order chi connectivity index (χ1) is 10.3. The second kappa shape index (κ2) is 4.98. The summed E-state index contributed by atoms with van der Waals surface area (Å²) in [5, 5.41) is 17.8. The molecule has 21 heavy (non-hydrogen) atoms. The van der Waals surface area contributed by atoms with Crippen LogP contribution in [-0.2, 0) is 0 Å². The Hall–Kier alpha value is -2.18. The molecule has 0 bridgehead atoms. The second-order valence-electron chi connectivity index (χ2n) is 4.59. The van der Waals surface area contributed by atoms with Crippen molar-refractivity contribution in [1.29, 1.82) is 0 Å². The van der Waals surface area contributed by atoms with E-state index >= 15 is 0 Å². The van der Waals surface area contributed by atoms with Crippen LogP contribution in [0.2, 0.25) is 5.02 Å². The van der Waals surface area contributed by atoms with Crippen LogP contribution in [0, 0.1) is 0 Å². The number of rotatable bonds is 2. The third kappa shape index (κ3) is 2.12. The fraction of sp³-hybridized carbons (Fsp3) is 0.0714. The summed E-state index contributed by atoms with van der Waals surface area (Å²) in [4.78, 5) is 1.18. The molecule has 3 heterocycles. The number of aromatic nitrogens is 4. The first kappa shape index (κ1) is 12.6. The monoisotopic (exact) mass is 315 g/mol. The number of nitrogens with one attached hydrogen (secondary N) is 1. The molecular formula is C14H10ClN5S. The number of tetrazole rings is 1. The minimum atomic E-state index is -0.0254. The van der Waals surface area contributed by atoms with Gasteiger partial charge >= 0.3 is 0 Å². The van der Waals surface area contributed by atoms with Gasteiger partial charge in [0, 0.05) is 21.2 Å². The maximum Gasteiger partial charge on any atom is 0.248 e. The van der Waals surface area contributed by atoms with E-state index < -0.39 is 0 Å². The van der Waals surface area contributed by atoms with Crippen molar-refractivity contribution in [3.05, 3.63) is 63.3 Å². The summed E-state index contributed by atoms with van der Waals surface area (Å²) < 4.78 is 1.77. The molecule has 7 heteroatoms. The molecule has 0 spiro atoms. The third-order valence-corrected chi connectivity index (χ3v) is 4.60. The first-order valence-corrected chi connectivity index (χ1v) is 7.64. The third-order valence-electron chi connectivity index (χ3n) is 3.33. The van der Waals surface area contributed by atoms with Crippen molar-refractivity contribution in [2.24, 2.45) is 0 Å². The largest absolute Gasteiger partial charge is 0.323 e. The van der Waals surface area contributed by atoms with Crippen molar-refractivity contribution in [2.45, 2.75) is 6.04 Å². The highest BCUT2D eigenvalue weighted by molar-refractivity contribution is 7.10. The van der Waals surface area contributed by atoms with Crippen molar-refractivity contribution in [2.75, 3.05) is 5.32 Å². The number of thiophene rings is 1. The molecule has 0 fully saturated rings. The van der Waals surface area contributed by atoms with Crippen LogP contribution in [0.3, 0.4) is 0 Å². The van der Waals surface area contributed by atoms with Crippen LogP contribution in [0.4, 0.5) is 5.95 Å². The van der Waals surface area contributed by atoms with Gasteiger partial charge in [-0.2, -0.15) is 4.68 Å². The quantitative estimate of drug-likeness (QED) is 0.787. The molecule has 1 N–H and O–H groups in total. The Labute approximate surface area is 129 Å². The molecule has 1 aliphatic heterocycles. The van der Waals surface area contributed by atoms with Crippen molar-refractivity contribution in [1.82, 2.24) is 20.2 Å². The maximum absolute atomic E-state index is 6.29. The Morgan fingerprint density at radius 2 is 2.10 bits per heavy atom. The van der Waals surface area contributed by atoms with E-state index in [1.54, 1.807) is 16.0 Å². The highest BCUT2D eigenvalue weighted by Crippen LogP contribution is 2.35. The summed E-state index contributed by atoms with van der Waals surface area (Å²) >= 11 is 7.97. The molecule has 5 nitrogen and oxygen atoms in total. The zero-order chi connectivity index (χ0) is 14.2. The fourth-order valence-electron chi connectivity index (χ4n) is 2.35. The van der Waals surface area contributed by atoms with Crippen molar-refractivity contribution in [3.8, 4) is 0 Å². The minimum absolute atomic E-state index is 0.0254. The molecule has 0 aliphatic carbocycles. The lowest BCUT2D eigenvalue weighted by Crippen LogP contribution is -2.19. The molecule has 1 aromatic carbocycles. The highest BCUT2D eigenvalue weighted by atomic mass is 35.5. The van der Waals surface area contributed by atoms with Gasteiger partial charge in [-0.25, -0.2) is 0 Å². The predicted molar refractivity (Wildman–Crippen MR) is 83.3 cm³/mol. The predicted octanol–water partition coefficient (Wildman–Crippen LogP) is 3.44. The molecule has 0 radical (unpaired) electrons. The van der Waals surface area contributed by atoms with Crippen LogP contribution in [0.15, 0.2) is 47.9 Å². The van der Waals surface area contributed by atoms with Crippen LogP contribution in [0.25, 0.3) is 5.70 Å². The van der Waals surface area contributed by atoms with Crippen LogP contribution in [-0.4, -0.2) is 20.2 Å². The zero-order valence-electron chi connectivity index (χ0n) is 10.8. The van der Waals surface area contributed by atoms with Gasteiger partial charge in [-0.3, -0.25) is 0 Å². The smallest absolute Gasteiger partial charge is 0.248 e. The first-order valence-electron chi connectivity index (χ1n) is 6.38. The number of halogens is 1. The Morgan fingerprint density at radius 3 is 2.90 bits per heavy atom. The van der Waals surface area contributed by atoms with Gasteiger partial charge in [0.15, 0.2) is 0 Å². The lowest BCUT2D eigenvalue weighted by Gasteiger charge is -2.22. The molecule has 4 rings (SSSR count). The van der Waals surface area contributed by atoms with Crippen molar-refractivity contribution < 1.29 is 0 Å². The summed E-state index contributed by atoms with van der Waals surface area (Å²) in [7, 11) is 0. The Kier molecular flexibility index (Phi) is 2.98. The molecule has 0 saturated heterocycles. The molecule has 0 unspecified atom stereocenters. The number of nitrogens with zero attached hydrogens (tertiary/aromatic N) is 4. The minimum Gasteiger partial charge on any atom is -0.323 e. The highest BCUT2D eigenvalue weighted by Gasteiger charge is 2.25. The molecule has 1 aliphatic rings. The normalized spacial score (nSPS) is 17.0. The van der Waals surface area contributed by atoms with E-state index in [1.165, 1.54) is 4.88 Å². The average molecular weight is 316 g/mol. The van der Waals surface area contributed by atoms with Gasteiger partial charge in [-0.1, -0.05) is 41.0 Å². The SMILES string of the molecule is Clc1ccccc1C1=C[C@H](c2cccs2)n2nnnc2N1. The van der Waals surface area contributed by atoms with E-state index in [0.717, 1.165) is 11.3 Å². The number of hydrogen-bond acceptors (Lipinski definition) is 5. The summed E-state index contributed by atoms with van der Waals surface area (Å²) in [6.45, 7) is 0. The number of fused-ring (bicyclic) bond motifs is 1.